The Morgan fingerprint density at radius 1 is 1.12 bits per heavy atom. The zero-order valence-corrected chi connectivity index (χ0v) is 18.5. The summed E-state index contributed by atoms with van der Waals surface area (Å²) in [4.78, 5) is 30.6. The van der Waals surface area contributed by atoms with Gasteiger partial charge in [0.2, 0.25) is 11.8 Å². The van der Waals surface area contributed by atoms with Gasteiger partial charge in [0.05, 0.1) is 37.7 Å². The van der Waals surface area contributed by atoms with Crippen molar-refractivity contribution in [3.8, 4) is 22.4 Å². The average Bonchev–Trinajstić information content (AvgIpc) is 3.46. The van der Waals surface area contributed by atoms with E-state index in [9.17, 15) is 14.0 Å². The van der Waals surface area contributed by atoms with E-state index in [0.29, 0.717) is 31.1 Å². The molecule has 0 saturated heterocycles. The first kappa shape index (κ1) is 21.6. The van der Waals surface area contributed by atoms with Crippen LogP contribution in [0.1, 0.15) is 18.2 Å². The number of amides is 2. The lowest BCUT2D eigenvalue weighted by Crippen LogP contribution is -2.37. The summed E-state index contributed by atoms with van der Waals surface area (Å²) in [7, 11) is 0. The maximum Gasteiger partial charge on any atom is 0.230 e. The first-order valence-electron chi connectivity index (χ1n) is 10.9. The number of hydrogen-bond acceptors (Lipinski definition) is 5. The number of carbonyl (C=O) groups is 2. The number of hydrogen-bond donors (Lipinski definition) is 1. The quantitative estimate of drug-likeness (QED) is 0.489. The molecule has 0 radical (unpaired) electrons. The van der Waals surface area contributed by atoms with Crippen LogP contribution in [0, 0.1) is 5.82 Å². The molecule has 3 aromatic heterocycles. The third-order valence-corrected chi connectivity index (χ3v) is 5.80. The number of aromatic nitrogens is 3. The Morgan fingerprint density at radius 2 is 1.94 bits per heavy atom. The molecule has 1 aliphatic rings. The molecule has 0 spiro atoms. The maximum absolute atomic E-state index is 13.6. The van der Waals surface area contributed by atoms with Gasteiger partial charge in [-0.3, -0.25) is 14.3 Å². The molecule has 4 aromatic rings. The van der Waals surface area contributed by atoms with Gasteiger partial charge in [0.25, 0.3) is 0 Å². The van der Waals surface area contributed by atoms with E-state index in [1.165, 1.54) is 24.7 Å². The van der Waals surface area contributed by atoms with Crippen LogP contribution in [0.5, 0.6) is 0 Å². The molecule has 9 heteroatoms. The molecule has 0 saturated carbocycles. The standard InChI is InChI=1S/C25H22FN5O3/c1-16(32)30-9-10-31-21(14-30)24(25(29-31)18-2-4-20(26)5-3-18)19-6-8-27-22(13-19)28-23(33)12-17-7-11-34-15-17/h2-8,11,13,15H,9-10,12,14H2,1H3,(H,27,28,33). The number of pyridine rings is 1. The van der Waals surface area contributed by atoms with Gasteiger partial charge in [0.15, 0.2) is 0 Å². The average molecular weight is 459 g/mol. The fraction of sp³-hybridized carbons (Fsp3) is 0.200. The lowest BCUT2D eigenvalue weighted by atomic mass is 9.98. The topological polar surface area (TPSA) is 93.3 Å². The normalized spacial score (nSPS) is 12.9. The molecule has 8 nitrogen and oxygen atoms in total. The highest BCUT2D eigenvalue weighted by molar-refractivity contribution is 5.92. The molecule has 0 aliphatic carbocycles. The fourth-order valence-corrected chi connectivity index (χ4v) is 4.12. The van der Waals surface area contributed by atoms with Crippen molar-refractivity contribution in [2.75, 3.05) is 11.9 Å². The monoisotopic (exact) mass is 459 g/mol. The van der Waals surface area contributed by atoms with E-state index in [1.807, 2.05) is 10.7 Å². The third-order valence-electron chi connectivity index (χ3n) is 5.80. The van der Waals surface area contributed by atoms with Crippen molar-refractivity contribution in [2.45, 2.75) is 26.4 Å². The smallest absolute Gasteiger partial charge is 0.230 e. The number of anilines is 1. The highest BCUT2D eigenvalue weighted by Crippen LogP contribution is 2.37. The van der Waals surface area contributed by atoms with Crippen molar-refractivity contribution in [3.05, 3.63) is 78.3 Å². The molecular formula is C25H22FN5O3. The molecule has 5 rings (SSSR count). The second-order valence-electron chi connectivity index (χ2n) is 8.13. The Morgan fingerprint density at radius 3 is 2.68 bits per heavy atom. The van der Waals surface area contributed by atoms with Gasteiger partial charge >= 0.3 is 0 Å². The number of carbonyl (C=O) groups excluding carboxylic acids is 2. The van der Waals surface area contributed by atoms with E-state index in [2.05, 4.69) is 10.3 Å². The molecule has 0 fully saturated rings. The first-order chi connectivity index (χ1) is 16.5. The Labute approximate surface area is 195 Å². The number of fused-ring (bicyclic) bond motifs is 1. The summed E-state index contributed by atoms with van der Waals surface area (Å²) in [5.74, 6) is -0.160. The van der Waals surface area contributed by atoms with Gasteiger partial charge in [-0.1, -0.05) is 0 Å². The number of furan rings is 1. The lowest BCUT2D eigenvalue weighted by Gasteiger charge is -2.27. The van der Waals surface area contributed by atoms with Crippen LogP contribution in [0.4, 0.5) is 10.2 Å². The molecule has 0 bridgehead atoms. The lowest BCUT2D eigenvalue weighted by molar-refractivity contribution is -0.130. The molecule has 0 unspecified atom stereocenters. The summed E-state index contributed by atoms with van der Waals surface area (Å²) in [5.41, 5.74) is 4.70. The Balaban J connectivity index is 1.54. The number of benzene rings is 1. The van der Waals surface area contributed by atoms with Gasteiger partial charge < -0.3 is 14.6 Å². The highest BCUT2D eigenvalue weighted by Gasteiger charge is 2.27. The van der Waals surface area contributed by atoms with E-state index < -0.39 is 0 Å². The van der Waals surface area contributed by atoms with Crippen molar-refractivity contribution in [1.29, 1.82) is 0 Å². The Kier molecular flexibility index (Phi) is 5.67. The van der Waals surface area contributed by atoms with E-state index in [-0.39, 0.29) is 24.1 Å². The molecule has 172 valence electrons. The van der Waals surface area contributed by atoms with Crippen molar-refractivity contribution >= 4 is 17.6 Å². The minimum absolute atomic E-state index is 0.0105. The van der Waals surface area contributed by atoms with E-state index in [4.69, 9.17) is 9.52 Å². The van der Waals surface area contributed by atoms with E-state index in [1.54, 1.807) is 42.3 Å². The SMILES string of the molecule is CC(=O)N1CCn2nc(-c3ccc(F)cc3)c(-c3ccnc(NC(=O)Cc4ccoc4)c3)c2C1. The van der Waals surface area contributed by atoms with Gasteiger partial charge in [0.1, 0.15) is 17.3 Å². The fourth-order valence-electron chi connectivity index (χ4n) is 4.12. The van der Waals surface area contributed by atoms with Crippen LogP contribution in [0.25, 0.3) is 22.4 Å². The maximum atomic E-state index is 13.6. The zero-order chi connectivity index (χ0) is 23.7. The summed E-state index contributed by atoms with van der Waals surface area (Å²) in [6.07, 6.45) is 4.83. The summed E-state index contributed by atoms with van der Waals surface area (Å²) in [6.45, 7) is 3.08. The second kappa shape index (κ2) is 8.93. The molecule has 1 aliphatic heterocycles. The molecule has 2 amide bonds. The van der Waals surface area contributed by atoms with Gasteiger partial charge in [-0.05, 0) is 53.6 Å². The van der Waals surface area contributed by atoms with Crippen molar-refractivity contribution in [1.82, 2.24) is 19.7 Å². The van der Waals surface area contributed by atoms with Gasteiger partial charge in [0, 0.05) is 30.8 Å². The minimum Gasteiger partial charge on any atom is -0.472 e. The van der Waals surface area contributed by atoms with Gasteiger partial charge in [-0.15, -0.1) is 0 Å². The number of halogens is 1. The number of rotatable bonds is 5. The van der Waals surface area contributed by atoms with Crippen LogP contribution < -0.4 is 5.32 Å². The van der Waals surface area contributed by atoms with Crippen LogP contribution in [-0.2, 0) is 29.1 Å². The van der Waals surface area contributed by atoms with Crippen molar-refractivity contribution < 1.29 is 18.4 Å². The Bertz CT molecular complexity index is 1350. The van der Waals surface area contributed by atoms with Crippen LogP contribution in [0.3, 0.4) is 0 Å². The number of nitrogens with one attached hydrogen (secondary N) is 1. The molecule has 34 heavy (non-hydrogen) atoms. The Hall–Kier alpha value is -4.27. The van der Waals surface area contributed by atoms with Crippen LogP contribution in [0.2, 0.25) is 0 Å². The van der Waals surface area contributed by atoms with Gasteiger partial charge in [-0.2, -0.15) is 5.10 Å². The largest absolute Gasteiger partial charge is 0.472 e. The molecule has 1 N–H and O–H groups in total. The first-order valence-corrected chi connectivity index (χ1v) is 10.9. The predicted molar refractivity (Wildman–Crippen MR) is 123 cm³/mol. The van der Waals surface area contributed by atoms with Crippen LogP contribution >= 0.6 is 0 Å². The van der Waals surface area contributed by atoms with Crippen LogP contribution in [0.15, 0.2) is 65.6 Å². The summed E-state index contributed by atoms with van der Waals surface area (Å²) in [5, 5.41) is 7.62. The number of nitrogens with zero attached hydrogens (tertiary/aromatic N) is 4. The van der Waals surface area contributed by atoms with Crippen molar-refractivity contribution in [3.63, 3.8) is 0 Å². The molecular weight excluding hydrogens is 437 g/mol. The minimum atomic E-state index is -0.330. The van der Waals surface area contributed by atoms with E-state index in [0.717, 1.165) is 27.9 Å². The zero-order valence-electron chi connectivity index (χ0n) is 18.5. The summed E-state index contributed by atoms with van der Waals surface area (Å²) >= 11 is 0. The predicted octanol–water partition coefficient (Wildman–Crippen LogP) is 3.89. The molecule has 4 heterocycles. The summed E-state index contributed by atoms with van der Waals surface area (Å²) < 4.78 is 20.5. The molecule has 0 atom stereocenters. The third kappa shape index (κ3) is 4.32. The van der Waals surface area contributed by atoms with Crippen molar-refractivity contribution in [2.24, 2.45) is 0 Å². The highest BCUT2D eigenvalue weighted by atomic mass is 19.1. The molecule has 1 aromatic carbocycles. The second-order valence-corrected chi connectivity index (χ2v) is 8.13. The van der Waals surface area contributed by atoms with Crippen LogP contribution in [-0.4, -0.2) is 38.0 Å². The van der Waals surface area contributed by atoms with E-state index >= 15 is 0 Å². The summed E-state index contributed by atoms with van der Waals surface area (Å²) in [6, 6.07) is 11.5. The van der Waals surface area contributed by atoms with Gasteiger partial charge in [-0.25, -0.2) is 9.37 Å².